The predicted molar refractivity (Wildman–Crippen MR) is 71.8 cm³/mol. The lowest BCUT2D eigenvalue weighted by Gasteiger charge is -2.23. The van der Waals surface area contributed by atoms with E-state index in [-0.39, 0.29) is 0 Å². The molecule has 0 bridgehead atoms. The van der Waals surface area contributed by atoms with Crippen molar-refractivity contribution in [3.63, 3.8) is 0 Å². The van der Waals surface area contributed by atoms with Gasteiger partial charge in [0, 0.05) is 26.3 Å². The third-order valence-electron chi connectivity index (χ3n) is 3.03. The first-order valence-corrected chi connectivity index (χ1v) is 6.48. The summed E-state index contributed by atoms with van der Waals surface area (Å²) in [6, 6.07) is 0.319. The first kappa shape index (κ1) is 12.7. The zero-order valence-electron chi connectivity index (χ0n) is 11.2. The van der Waals surface area contributed by atoms with Crippen LogP contribution in [0.25, 0.3) is 5.95 Å². The third-order valence-corrected chi connectivity index (χ3v) is 3.03. The molecule has 0 aliphatic carbocycles. The molecule has 1 aliphatic heterocycles. The molecule has 0 amide bonds. The molecule has 2 aromatic heterocycles. The fourth-order valence-corrected chi connectivity index (χ4v) is 1.98. The predicted octanol–water partition coefficient (Wildman–Crippen LogP) is 0.0849. The van der Waals surface area contributed by atoms with Crippen LogP contribution in [0.5, 0.6) is 0 Å². The van der Waals surface area contributed by atoms with Crippen molar-refractivity contribution in [1.82, 2.24) is 29.7 Å². The molecule has 0 aromatic carbocycles. The van der Waals surface area contributed by atoms with Crippen LogP contribution in [-0.4, -0.2) is 56.0 Å². The van der Waals surface area contributed by atoms with Crippen molar-refractivity contribution < 1.29 is 4.74 Å². The summed E-state index contributed by atoms with van der Waals surface area (Å²) in [6.07, 6.45) is 4.87. The van der Waals surface area contributed by atoms with Gasteiger partial charge in [0.05, 0.1) is 0 Å². The Morgan fingerprint density at radius 1 is 1.20 bits per heavy atom. The summed E-state index contributed by atoms with van der Waals surface area (Å²) in [5, 5.41) is 10.3. The maximum Gasteiger partial charge on any atom is 0.258 e. The van der Waals surface area contributed by atoms with Crippen molar-refractivity contribution in [3.05, 3.63) is 12.7 Å². The van der Waals surface area contributed by atoms with Crippen LogP contribution in [0.4, 0.5) is 11.9 Å². The van der Waals surface area contributed by atoms with Gasteiger partial charge in [-0.3, -0.25) is 0 Å². The van der Waals surface area contributed by atoms with Crippen LogP contribution in [0.15, 0.2) is 12.7 Å². The van der Waals surface area contributed by atoms with Gasteiger partial charge in [0.2, 0.25) is 11.9 Å². The highest BCUT2D eigenvalue weighted by molar-refractivity contribution is 5.37. The molecule has 2 N–H and O–H groups in total. The lowest BCUT2D eigenvalue weighted by atomic mass is 10.1. The Labute approximate surface area is 115 Å². The van der Waals surface area contributed by atoms with Crippen LogP contribution in [0, 0.1) is 0 Å². The Morgan fingerprint density at radius 3 is 2.70 bits per heavy atom. The number of hydrogen-bond donors (Lipinski definition) is 2. The molecule has 0 radical (unpaired) electrons. The van der Waals surface area contributed by atoms with Gasteiger partial charge >= 0.3 is 0 Å². The molecule has 1 saturated heterocycles. The van der Waals surface area contributed by atoms with Crippen LogP contribution in [0.1, 0.15) is 12.8 Å². The molecule has 1 aliphatic rings. The van der Waals surface area contributed by atoms with E-state index in [4.69, 9.17) is 4.74 Å². The number of hydrogen-bond acceptors (Lipinski definition) is 8. The van der Waals surface area contributed by atoms with Gasteiger partial charge in [-0.15, -0.1) is 0 Å². The molecule has 3 heterocycles. The van der Waals surface area contributed by atoms with E-state index in [2.05, 4.69) is 35.7 Å². The molecule has 0 atom stereocenters. The molecule has 0 saturated carbocycles. The Hall–Kier alpha value is -2.29. The molecule has 106 valence electrons. The monoisotopic (exact) mass is 276 g/mol. The zero-order valence-corrected chi connectivity index (χ0v) is 11.2. The van der Waals surface area contributed by atoms with Gasteiger partial charge in [0.1, 0.15) is 12.7 Å². The molecule has 0 spiro atoms. The Morgan fingerprint density at radius 2 is 2.00 bits per heavy atom. The standard InChI is InChI=1S/C11H16N8O/c1-12-9-16-10(15-8-2-4-20-5-3-8)18-11(17-9)19-7-13-6-14-19/h6-8H,2-5H2,1H3,(H2,12,15,16,17,18). The molecule has 20 heavy (non-hydrogen) atoms. The van der Waals surface area contributed by atoms with E-state index in [1.54, 1.807) is 13.4 Å². The van der Waals surface area contributed by atoms with E-state index in [0.29, 0.717) is 23.9 Å². The van der Waals surface area contributed by atoms with Crippen LogP contribution in [-0.2, 0) is 4.74 Å². The van der Waals surface area contributed by atoms with Gasteiger partial charge in [-0.05, 0) is 12.8 Å². The number of nitrogens with zero attached hydrogens (tertiary/aromatic N) is 6. The van der Waals surface area contributed by atoms with Crippen LogP contribution in [0.3, 0.4) is 0 Å². The van der Waals surface area contributed by atoms with E-state index < -0.39 is 0 Å². The summed E-state index contributed by atoms with van der Waals surface area (Å²) in [5.74, 6) is 1.44. The summed E-state index contributed by atoms with van der Waals surface area (Å²) in [6.45, 7) is 1.52. The fourth-order valence-electron chi connectivity index (χ4n) is 1.98. The maximum absolute atomic E-state index is 5.34. The first-order chi connectivity index (χ1) is 9.85. The summed E-state index contributed by atoms with van der Waals surface area (Å²) in [5.41, 5.74) is 0. The zero-order chi connectivity index (χ0) is 13.8. The topological polar surface area (TPSA) is 103 Å². The van der Waals surface area contributed by atoms with Crippen molar-refractivity contribution >= 4 is 11.9 Å². The average Bonchev–Trinajstić information content (AvgIpc) is 3.02. The normalized spacial score (nSPS) is 16.1. The minimum atomic E-state index is 0.319. The maximum atomic E-state index is 5.34. The number of rotatable bonds is 4. The second-order valence-corrected chi connectivity index (χ2v) is 4.40. The summed E-state index contributed by atoms with van der Waals surface area (Å²) < 4.78 is 6.83. The van der Waals surface area contributed by atoms with Crippen molar-refractivity contribution in [3.8, 4) is 5.95 Å². The van der Waals surface area contributed by atoms with Crippen molar-refractivity contribution in [2.24, 2.45) is 0 Å². The number of ether oxygens (including phenoxy) is 1. The Bertz CT molecular complexity index is 552. The number of anilines is 2. The highest BCUT2D eigenvalue weighted by Crippen LogP contribution is 2.14. The lowest BCUT2D eigenvalue weighted by Crippen LogP contribution is -2.29. The lowest BCUT2D eigenvalue weighted by molar-refractivity contribution is 0.0903. The fraction of sp³-hybridized carbons (Fsp3) is 0.545. The average molecular weight is 276 g/mol. The second kappa shape index (κ2) is 5.78. The molecular formula is C11H16N8O. The van der Waals surface area contributed by atoms with Gasteiger partial charge in [-0.2, -0.15) is 24.7 Å². The molecular weight excluding hydrogens is 260 g/mol. The van der Waals surface area contributed by atoms with Gasteiger partial charge in [-0.25, -0.2) is 4.98 Å². The summed E-state index contributed by atoms with van der Waals surface area (Å²) in [7, 11) is 1.76. The highest BCUT2D eigenvalue weighted by Gasteiger charge is 2.16. The Kier molecular flexibility index (Phi) is 3.68. The van der Waals surface area contributed by atoms with Crippen molar-refractivity contribution in [1.29, 1.82) is 0 Å². The van der Waals surface area contributed by atoms with E-state index in [1.165, 1.54) is 11.0 Å². The molecule has 0 unspecified atom stereocenters. The first-order valence-electron chi connectivity index (χ1n) is 6.48. The highest BCUT2D eigenvalue weighted by atomic mass is 16.5. The van der Waals surface area contributed by atoms with E-state index in [1.807, 2.05) is 0 Å². The van der Waals surface area contributed by atoms with Gasteiger partial charge in [0.15, 0.2) is 0 Å². The summed E-state index contributed by atoms with van der Waals surface area (Å²) in [4.78, 5) is 16.8. The minimum Gasteiger partial charge on any atom is -0.381 e. The summed E-state index contributed by atoms with van der Waals surface area (Å²) >= 11 is 0. The second-order valence-electron chi connectivity index (χ2n) is 4.40. The molecule has 3 rings (SSSR count). The third kappa shape index (κ3) is 2.82. The van der Waals surface area contributed by atoms with E-state index >= 15 is 0 Å². The number of nitrogens with one attached hydrogen (secondary N) is 2. The van der Waals surface area contributed by atoms with Crippen LogP contribution < -0.4 is 10.6 Å². The van der Waals surface area contributed by atoms with E-state index in [0.717, 1.165) is 26.1 Å². The smallest absolute Gasteiger partial charge is 0.258 e. The molecule has 9 heteroatoms. The van der Waals surface area contributed by atoms with Crippen molar-refractivity contribution in [2.45, 2.75) is 18.9 Å². The SMILES string of the molecule is CNc1nc(NC2CCOCC2)nc(-n2cncn2)n1. The van der Waals surface area contributed by atoms with Gasteiger partial charge in [0.25, 0.3) is 5.95 Å². The largest absolute Gasteiger partial charge is 0.381 e. The molecule has 2 aromatic rings. The molecule has 9 nitrogen and oxygen atoms in total. The number of aromatic nitrogens is 6. The minimum absolute atomic E-state index is 0.319. The quantitative estimate of drug-likeness (QED) is 0.809. The van der Waals surface area contributed by atoms with Crippen molar-refractivity contribution in [2.75, 3.05) is 30.9 Å². The molecule has 1 fully saturated rings. The van der Waals surface area contributed by atoms with Gasteiger partial charge < -0.3 is 15.4 Å². The van der Waals surface area contributed by atoms with Gasteiger partial charge in [-0.1, -0.05) is 0 Å². The van der Waals surface area contributed by atoms with Crippen LogP contribution >= 0.6 is 0 Å². The van der Waals surface area contributed by atoms with Crippen LogP contribution in [0.2, 0.25) is 0 Å². The van der Waals surface area contributed by atoms with E-state index in [9.17, 15) is 0 Å². The Balaban J connectivity index is 1.84.